The van der Waals surface area contributed by atoms with Crippen LogP contribution in [0.25, 0.3) is 0 Å². The van der Waals surface area contributed by atoms with Gasteiger partial charge >= 0.3 is 0 Å². The Labute approximate surface area is 99.5 Å². The highest BCUT2D eigenvalue weighted by atomic mass is 15.1. The van der Waals surface area contributed by atoms with Gasteiger partial charge in [-0.3, -0.25) is 0 Å². The molecule has 0 spiro atoms. The molecular formula is C14H24N2. The highest BCUT2D eigenvalue weighted by Gasteiger charge is 2.01. The maximum Gasteiger partial charge on any atom is 0.0314 e. The molecule has 0 heterocycles. The zero-order valence-corrected chi connectivity index (χ0v) is 10.7. The lowest BCUT2D eigenvalue weighted by Crippen LogP contribution is -2.19. The van der Waals surface area contributed by atoms with E-state index in [2.05, 4.69) is 37.9 Å². The smallest absolute Gasteiger partial charge is 0.0314 e. The summed E-state index contributed by atoms with van der Waals surface area (Å²) in [5, 5.41) is 0. The lowest BCUT2D eigenvalue weighted by molar-refractivity contribution is 0.310. The Morgan fingerprint density at radius 1 is 1.19 bits per heavy atom. The summed E-state index contributed by atoms with van der Waals surface area (Å²) < 4.78 is 0. The van der Waals surface area contributed by atoms with Crippen LogP contribution < -0.4 is 5.73 Å². The molecule has 0 fully saturated rings. The molecule has 0 aliphatic heterocycles. The second-order valence-corrected chi connectivity index (χ2v) is 5.02. The van der Waals surface area contributed by atoms with Gasteiger partial charge in [-0.05, 0) is 50.0 Å². The van der Waals surface area contributed by atoms with Gasteiger partial charge in [0, 0.05) is 12.2 Å². The van der Waals surface area contributed by atoms with Crippen LogP contribution in [0.5, 0.6) is 0 Å². The quantitative estimate of drug-likeness (QED) is 0.746. The fourth-order valence-electron chi connectivity index (χ4n) is 1.78. The zero-order valence-electron chi connectivity index (χ0n) is 10.7. The van der Waals surface area contributed by atoms with Gasteiger partial charge in [-0.15, -0.1) is 0 Å². The Bertz CT molecular complexity index is 290. The van der Waals surface area contributed by atoms with Crippen molar-refractivity contribution in [2.24, 2.45) is 5.92 Å². The van der Waals surface area contributed by atoms with E-state index in [-0.39, 0.29) is 0 Å². The molecule has 1 aromatic rings. The molecule has 0 aromatic heterocycles. The summed E-state index contributed by atoms with van der Waals surface area (Å²) in [6, 6.07) is 8.15. The van der Waals surface area contributed by atoms with Crippen LogP contribution in [0.4, 0.5) is 5.69 Å². The van der Waals surface area contributed by atoms with Gasteiger partial charge in [-0.2, -0.15) is 0 Å². The molecule has 90 valence electrons. The topological polar surface area (TPSA) is 29.3 Å². The average Bonchev–Trinajstić information content (AvgIpc) is 2.21. The van der Waals surface area contributed by atoms with Crippen LogP contribution in [0.2, 0.25) is 0 Å². The van der Waals surface area contributed by atoms with Crippen molar-refractivity contribution in [3.05, 3.63) is 29.8 Å². The molecule has 1 rings (SSSR count). The number of benzene rings is 1. The van der Waals surface area contributed by atoms with Gasteiger partial charge in [0.25, 0.3) is 0 Å². The highest BCUT2D eigenvalue weighted by molar-refractivity contribution is 5.39. The Morgan fingerprint density at radius 3 is 2.38 bits per heavy atom. The van der Waals surface area contributed by atoms with E-state index in [0.717, 1.165) is 18.2 Å². The molecule has 0 atom stereocenters. The lowest BCUT2D eigenvalue weighted by Gasteiger charge is -2.17. The second-order valence-electron chi connectivity index (χ2n) is 5.02. The van der Waals surface area contributed by atoms with E-state index < -0.39 is 0 Å². The predicted molar refractivity (Wildman–Crippen MR) is 71.3 cm³/mol. The maximum absolute atomic E-state index is 5.66. The first-order valence-electron chi connectivity index (χ1n) is 6.11. The van der Waals surface area contributed by atoms with Gasteiger partial charge in [-0.25, -0.2) is 0 Å². The van der Waals surface area contributed by atoms with E-state index in [4.69, 9.17) is 5.73 Å². The van der Waals surface area contributed by atoms with Gasteiger partial charge in [0.1, 0.15) is 0 Å². The van der Waals surface area contributed by atoms with Crippen molar-refractivity contribution >= 4 is 5.69 Å². The summed E-state index contributed by atoms with van der Waals surface area (Å²) >= 11 is 0. The minimum Gasteiger partial charge on any atom is -0.399 e. The molecule has 1 aromatic carbocycles. The average molecular weight is 220 g/mol. The zero-order chi connectivity index (χ0) is 12.0. The maximum atomic E-state index is 5.66. The van der Waals surface area contributed by atoms with E-state index in [1.165, 1.54) is 24.9 Å². The third-order valence-electron chi connectivity index (χ3n) is 2.75. The number of anilines is 1. The molecule has 2 nitrogen and oxygen atoms in total. The van der Waals surface area contributed by atoms with Gasteiger partial charge in [0.2, 0.25) is 0 Å². The number of hydrogen-bond acceptors (Lipinski definition) is 2. The number of nitrogens with zero attached hydrogens (tertiary/aromatic N) is 1. The lowest BCUT2D eigenvalue weighted by atomic mass is 10.1. The van der Waals surface area contributed by atoms with Crippen molar-refractivity contribution < 1.29 is 0 Å². The fraction of sp³-hybridized carbons (Fsp3) is 0.571. The summed E-state index contributed by atoms with van der Waals surface area (Å²) in [6.07, 6.45) is 2.59. The number of hydrogen-bond donors (Lipinski definition) is 1. The minimum absolute atomic E-state index is 0.810. The summed E-state index contributed by atoms with van der Waals surface area (Å²) in [4.78, 5) is 2.37. The molecular weight excluding hydrogens is 196 g/mol. The molecule has 0 unspecified atom stereocenters. The van der Waals surface area contributed by atoms with E-state index in [9.17, 15) is 0 Å². The number of nitrogen functional groups attached to an aromatic ring is 1. The predicted octanol–water partition coefficient (Wildman–Crippen LogP) is 3.14. The van der Waals surface area contributed by atoms with E-state index in [0.29, 0.717) is 0 Å². The minimum atomic E-state index is 0.810. The Kier molecular flexibility index (Phi) is 5.33. The van der Waals surface area contributed by atoms with Crippen LogP contribution in [0.15, 0.2) is 24.3 Å². The van der Waals surface area contributed by atoms with Crippen molar-refractivity contribution in [1.82, 2.24) is 4.90 Å². The monoisotopic (exact) mass is 220 g/mol. The molecule has 16 heavy (non-hydrogen) atoms. The summed E-state index contributed by atoms with van der Waals surface area (Å²) in [5.41, 5.74) is 7.83. The van der Waals surface area contributed by atoms with Crippen LogP contribution in [0.3, 0.4) is 0 Å². The summed E-state index contributed by atoms with van der Waals surface area (Å²) in [5.74, 6) is 0.810. The first kappa shape index (κ1) is 13.0. The van der Waals surface area contributed by atoms with Crippen molar-refractivity contribution in [2.45, 2.75) is 33.2 Å². The van der Waals surface area contributed by atoms with Crippen LogP contribution in [-0.2, 0) is 6.54 Å². The van der Waals surface area contributed by atoms with Crippen molar-refractivity contribution in [3.63, 3.8) is 0 Å². The molecule has 0 saturated heterocycles. The number of rotatable bonds is 6. The molecule has 0 amide bonds. The van der Waals surface area contributed by atoms with Crippen molar-refractivity contribution in [1.29, 1.82) is 0 Å². The molecule has 0 bridgehead atoms. The molecule has 2 heteroatoms. The first-order valence-corrected chi connectivity index (χ1v) is 6.11. The Hall–Kier alpha value is -1.02. The van der Waals surface area contributed by atoms with Gasteiger partial charge in [-0.1, -0.05) is 26.0 Å². The van der Waals surface area contributed by atoms with Crippen LogP contribution in [0, 0.1) is 5.92 Å². The third kappa shape index (κ3) is 5.17. The molecule has 0 radical (unpaired) electrons. The fourth-order valence-corrected chi connectivity index (χ4v) is 1.78. The SMILES string of the molecule is CC(C)CCCN(C)Cc1ccc(N)cc1. The van der Waals surface area contributed by atoms with E-state index in [1.54, 1.807) is 0 Å². The van der Waals surface area contributed by atoms with Crippen molar-refractivity contribution in [2.75, 3.05) is 19.3 Å². The standard InChI is InChI=1S/C14H24N2/c1-12(2)5-4-10-16(3)11-13-6-8-14(15)9-7-13/h6-9,12H,4-5,10-11,15H2,1-3H3. The van der Waals surface area contributed by atoms with Gasteiger partial charge in [0.15, 0.2) is 0 Å². The third-order valence-corrected chi connectivity index (χ3v) is 2.75. The number of nitrogens with two attached hydrogens (primary N) is 1. The summed E-state index contributed by atoms with van der Waals surface area (Å²) in [6.45, 7) is 6.74. The first-order chi connectivity index (χ1) is 7.58. The van der Waals surface area contributed by atoms with E-state index >= 15 is 0 Å². The normalized spacial score (nSPS) is 11.3. The van der Waals surface area contributed by atoms with Gasteiger partial charge in [0.05, 0.1) is 0 Å². The van der Waals surface area contributed by atoms with Crippen molar-refractivity contribution in [3.8, 4) is 0 Å². The largest absolute Gasteiger partial charge is 0.399 e. The Morgan fingerprint density at radius 2 is 1.81 bits per heavy atom. The van der Waals surface area contributed by atoms with Crippen LogP contribution in [0.1, 0.15) is 32.3 Å². The van der Waals surface area contributed by atoms with Gasteiger partial charge < -0.3 is 10.6 Å². The van der Waals surface area contributed by atoms with Crippen LogP contribution >= 0.6 is 0 Å². The highest BCUT2D eigenvalue weighted by Crippen LogP contribution is 2.09. The second kappa shape index (κ2) is 6.54. The molecule has 2 N–H and O–H groups in total. The van der Waals surface area contributed by atoms with Crippen LogP contribution in [-0.4, -0.2) is 18.5 Å². The Balaban J connectivity index is 2.28. The van der Waals surface area contributed by atoms with E-state index in [1.807, 2.05) is 12.1 Å². The molecule has 0 aliphatic rings. The summed E-state index contributed by atoms with van der Waals surface area (Å²) in [7, 11) is 2.18. The molecule has 0 saturated carbocycles. The molecule has 0 aliphatic carbocycles.